The summed E-state index contributed by atoms with van der Waals surface area (Å²) >= 11 is 0. The van der Waals surface area contributed by atoms with Gasteiger partial charge in [0.1, 0.15) is 17.4 Å². The van der Waals surface area contributed by atoms with E-state index in [2.05, 4.69) is 14.7 Å². The van der Waals surface area contributed by atoms with Gasteiger partial charge < -0.3 is 9.64 Å². The molecule has 0 bridgehead atoms. The van der Waals surface area contributed by atoms with E-state index in [0.29, 0.717) is 35.9 Å². The third-order valence-electron chi connectivity index (χ3n) is 5.07. The lowest BCUT2D eigenvalue weighted by Gasteiger charge is -2.20. The highest BCUT2D eigenvalue weighted by atomic mass is 32.2. The molecule has 3 aromatic rings. The predicted octanol–water partition coefficient (Wildman–Crippen LogP) is 4.20. The first-order valence-corrected chi connectivity index (χ1v) is 12.6. The summed E-state index contributed by atoms with van der Waals surface area (Å²) in [6.07, 6.45) is 0. The van der Waals surface area contributed by atoms with E-state index < -0.39 is 21.7 Å². The number of aryl methyl sites for hydroxylation is 1. The largest absolute Gasteiger partial charge is 0.493 e. The second-order valence-corrected chi connectivity index (χ2v) is 10.1. The van der Waals surface area contributed by atoms with Crippen molar-refractivity contribution in [2.45, 2.75) is 32.7 Å². The van der Waals surface area contributed by atoms with Crippen molar-refractivity contribution in [2.75, 3.05) is 25.1 Å². The van der Waals surface area contributed by atoms with E-state index in [1.54, 1.807) is 43.1 Å². The van der Waals surface area contributed by atoms with Gasteiger partial charge in [-0.2, -0.15) is 8.42 Å². The molecule has 0 saturated carbocycles. The van der Waals surface area contributed by atoms with Crippen LogP contribution in [0.3, 0.4) is 0 Å². The van der Waals surface area contributed by atoms with Crippen molar-refractivity contribution in [1.82, 2.24) is 14.7 Å². The van der Waals surface area contributed by atoms with Crippen molar-refractivity contribution in [2.24, 2.45) is 5.92 Å². The molecule has 0 radical (unpaired) electrons. The zero-order valence-corrected chi connectivity index (χ0v) is 21.2. The first kappa shape index (κ1) is 26.1. The number of ether oxygens (including phenoxy) is 1. The van der Waals surface area contributed by atoms with E-state index in [1.165, 1.54) is 24.3 Å². The van der Waals surface area contributed by atoms with Gasteiger partial charge in [-0.05, 0) is 56.2 Å². The molecule has 0 spiro atoms. The SMILES string of the molecule is CCN(C)c1nc(-c2cc(F)cc(OCC(C)C)c2)ccc1C(=O)NS(=O)(=O)c1cccc(C)n1. The van der Waals surface area contributed by atoms with Gasteiger partial charge in [0.05, 0.1) is 17.9 Å². The minimum atomic E-state index is -4.19. The monoisotopic (exact) mass is 500 g/mol. The Balaban J connectivity index is 1.97. The summed E-state index contributed by atoms with van der Waals surface area (Å²) in [5, 5.41) is -0.255. The van der Waals surface area contributed by atoms with E-state index in [1.807, 2.05) is 20.8 Å². The molecule has 0 fully saturated rings. The number of amides is 1. The smallest absolute Gasteiger partial charge is 0.281 e. The molecule has 0 atom stereocenters. The van der Waals surface area contributed by atoms with E-state index in [9.17, 15) is 17.6 Å². The van der Waals surface area contributed by atoms with Gasteiger partial charge in [0, 0.05) is 30.9 Å². The lowest BCUT2D eigenvalue weighted by atomic mass is 10.1. The molecule has 1 aromatic carbocycles. The highest BCUT2D eigenvalue weighted by molar-refractivity contribution is 7.90. The number of nitrogens with one attached hydrogen (secondary N) is 1. The first-order chi connectivity index (χ1) is 16.5. The van der Waals surface area contributed by atoms with Gasteiger partial charge >= 0.3 is 0 Å². The zero-order chi connectivity index (χ0) is 25.8. The number of halogens is 1. The molecule has 35 heavy (non-hydrogen) atoms. The number of rotatable bonds is 9. The molecule has 1 amide bonds. The molecule has 2 heterocycles. The van der Waals surface area contributed by atoms with Crippen molar-refractivity contribution in [3.63, 3.8) is 0 Å². The summed E-state index contributed by atoms with van der Waals surface area (Å²) in [7, 11) is -2.46. The molecular formula is C25H29FN4O4S. The van der Waals surface area contributed by atoms with Crippen LogP contribution < -0.4 is 14.4 Å². The van der Waals surface area contributed by atoms with Crippen LogP contribution in [0.25, 0.3) is 11.3 Å². The van der Waals surface area contributed by atoms with Gasteiger partial charge in [0.25, 0.3) is 15.9 Å². The Morgan fingerprint density at radius 1 is 1.14 bits per heavy atom. The van der Waals surface area contributed by atoms with E-state index in [4.69, 9.17) is 4.74 Å². The second kappa shape index (κ2) is 10.8. The fourth-order valence-corrected chi connectivity index (χ4v) is 4.16. The molecule has 0 unspecified atom stereocenters. The summed E-state index contributed by atoms with van der Waals surface area (Å²) in [6, 6.07) is 11.8. The molecule has 1 N–H and O–H groups in total. The molecule has 10 heteroatoms. The van der Waals surface area contributed by atoms with Crippen molar-refractivity contribution < 1.29 is 22.3 Å². The molecule has 0 aliphatic heterocycles. The van der Waals surface area contributed by atoms with Crippen LogP contribution in [0.4, 0.5) is 10.2 Å². The minimum Gasteiger partial charge on any atom is -0.493 e. The summed E-state index contributed by atoms with van der Waals surface area (Å²) in [4.78, 5) is 23.2. The molecule has 3 rings (SSSR count). The van der Waals surface area contributed by atoms with Crippen molar-refractivity contribution in [1.29, 1.82) is 0 Å². The standard InChI is InChI=1S/C25H29FN4O4S/c1-6-30(5)24-21(25(31)29-35(32,33)23-9-7-8-17(4)27-23)10-11-22(28-24)18-12-19(26)14-20(13-18)34-15-16(2)3/h7-14,16H,6,15H2,1-5H3,(H,29,31). The van der Waals surface area contributed by atoms with Crippen LogP contribution >= 0.6 is 0 Å². The third kappa shape index (κ3) is 6.54. The molecule has 186 valence electrons. The van der Waals surface area contributed by atoms with Crippen LogP contribution in [0.15, 0.2) is 53.6 Å². The molecular weight excluding hydrogens is 471 g/mol. The van der Waals surface area contributed by atoms with Crippen LogP contribution in [-0.2, 0) is 10.0 Å². The number of carbonyl (C=O) groups is 1. The maximum absolute atomic E-state index is 14.3. The molecule has 2 aromatic heterocycles. The summed E-state index contributed by atoms with van der Waals surface area (Å²) in [5.74, 6) is -0.424. The number of hydrogen-bond donors (Lipinski definition) is 1. The average molecular weight is 501 g/mol. The van der Waals surface area contributed by atoms with Gasteiger partial charge in [-0.3, -0.25) is 4.79 Å². The summed E-state index contributed by atoms with van der Waals surface area (Å²) in [5.41, 5.74) is 1.44. The average Bonchev–Trinajstić information content (AvgIpc) is 2.81. The Labute approximate surface area is 205 Å². The number of anilines is 1. The fourth-order valence-electron chi connectivity index (χ4n) is 3.18. The zero-order valence-electron chi connectivity index (χ0n) is 20.4. The van der Waals surface area contributed by atoms with Gasteiger partial charge in [0.2, 0.25) is 0 Å². The third-order valence-corrected chi connectivity index (χ3v) is 6.30. The fraction of sp³-hybridized carbons (Fsp3) is 0.320. The second-order valence-electron chi connectivity index (χ2n) is 8.51. The van der Waals surface area contributed by atoms with Crippen LogP contribution in [0.2, 0.25) is 0 Å². The Morgan fingerprint density at radius 2 is 1.89 bits per heavy atom. The number of pyridine rings is 2. The molecule has 8 nitrogen and oxygen atoms in total. The van der Waals surface area contributed by atoms with Gasteiger partial charge in [-0.1, -0.05) is 19.9 Å². The highest BCUT2D eigenvalue weighted by Gasteiger charge is 2.24. The number of aromatic nitrogens is 2. The quantitative estimate of drug-likeness (QED) is 0.470. The van der Waals surface area contributed by atoms with Crippen molar-refractivity contribution in [3.05, 3.63) is 65.6 Å². The Bertz CT molecular complexity index is 1330. The van der Waals surface area contributed by atoms with E-state index >= 15 is 0 Å². The minimum absolute atomic E-state index is 0.0574. The predicted molar refractivity (Wildman–Crippen MR) is 133 cm³/mol. The Kier molecular flexibility index (Phi) is 8.06. The molecule has 0 saturated heterocycles. The lowest BCUT2D eigenvalue weighted by molar-refractivity contribution is 0.0981. The first-order valence-electron chi connectivity index (χ1n) is 11.2. The number of benzene rings is 1. The number of sulfonamides is 1. The maximum Gasteiger partial charge on any atom is 0.281 e. The van der Waals surface area contributed by atoms with Gasteiger partial charge in [-0.25, -0.2) is 19.1 Å². The highest BCUT2D eigenvalue weighted by Crippen LogP contribution is 2.28. The van der Waals surface area contributed by atoms with Gasteiger partial charge in [0.15, 0.2) is 5.03 Å². The number of hydrogen-bond acceptors (Lipinski definition) is 7. The van der Waals surface area contributed by atoms with Crippen LogP contribution in [0, 0.1) is 18.7 Å². The molecule has 0 aliphatic rings. The Morgan fingerprint density at radius 3 is 2.54 bits per heavy atom. The lowest BCUT2D eigenvalue weighted by Crippen LogP contribution is -2.33. The van der Waals surface area contributed by atoms with Crippen molar-refractivity contribution >= 4 is 21.7 Å². The summed E-state index contributed by atoms with van der Waals surface area (Å²) in [6.45, 7) is 8.44. The number of carbonyl (C=O) groups excluding carboxylic acids is 1. The van der Waals surface area contributed by atoms with Gasteiger partial charge in [-0.15, -0.1) is 0 Å². The van der Waals surface area contributed by atoms with E-state index in [-0.39, 0.29) is 22.3 Å². The summed E-state index contributed by atoms with van der Waals surface area (Å²) < 4.78 is 47.4. The van der Waals surface area contributed by atoms with Crippen LogP contribution in [0.5, 0.6) is 5.75 Å². The van der Waals surface area contributed by atoms with Crippen LogP contribution in [-0.4, -0.2) is 44.5 Å². The number of nitrogens with zero attached hydrogens (tertiary/aromatic N) is 3. The van der Waals surface area contributed by atoms with Crippen molar-refractivity contribution in [3.8, 4) is 17.0 Å². The Hall–Kier alpha value is -3.53. The normalized spacial score (nSPS) is 11.4. The maximum atomic E-state index is 14.3. The molecule has 0 aliphatic carbocycles. The topological polar surface area (TPSA) is 101 Å². The van der Waals surface area contributed by atoms with Crippen LogP contribution in [0.1, 0.15) is 36.8 Å². The van der Waals surface area contributed by atoms with E-state index in [0.717, 1.165) is 0 Å².